The molecule has 0 aromatic heterocycles. The van der Waals surface area contributed by atoms with Crippen molar-refractivity contribution in [1.29, 1.82) is 0 Å². The summed E-state index contributed by atoms with van der Waals surface area (Å²) in [5, 5.41) is 0.258. The third-order valence-corrected chi connectivity index (χ3v) is 3.73. The lowest BCUT2D eigenvalue weighted by Crippen LogP contribution is -1.99. The highest BCUT2D eigenvalue weighted by atomic mass is 33.1. The van der Waals surface area contributed by atoms with E-state index >= 15 is 0 Å². The molecule has 0 saturated carbocycles. The van der Waals surface area contributed by atoms with Gasteiger partial charge in [0.05, 0.1) is 0 Å². The topological polar surface area (TPSA) is 4.36 Å². The number of hydrogen-bond donors (Lipinski definition) is 0. The summed E-state index contributed by atoms with van der Waals surface area (Å²) in [6.07, 6.45) is 2.33. The summed E-state index contributed by atoms with van der Waals surface area (Å²) in [6.45, 7) is 6.69. The van der Waals surface area contributed by atoms with E-state index in [1.165, 1.54) is 12.2 Å². The van der Waals surface area contributed by atoms with Gasteiger partial charge in [0.25, 0.3) is 5.37 Å². The largest absolute Gasteiger partial charge is 0.301 e. The predicted molar refractivity (Wildman–Crippen MR) is 39.7 cm³/mol. The van der Waals surface area contributed by atoms with Crippen LogP contribution in [0.25, 0.3) is 4.85 Å². The molecule has 3 heteroatoms. The molecule has 1 aliphatic heterocycles. The number of rotatable bonds is 0. The second kappa shape index (κ2) is 3.26. The third-order valence-electron chi connectivity index (χ3n) is 1.00. The van der Waals surface area contributed by atoms with Crippen LogP contribution in [0.4, 0.5) is 0 Å². The minimum atomic E-state index is 0.258. The van der Waals surface area contributed by atoms with Gasteiger partial charge in [0.15, 0.2) is 0 Å². The minimum absolute atomic E-state index is 0.258. The highest BCUT2D eigenvalue weighted by molar-refractivity contribution is 8.77. The summed E-state index contributed by atoms with van der Waals surface area (Å²) in [7, 11) is 3.56. The molecule has 0 aliphatic carbocycles. The summed E-state index contributed by atoms with van der Waals surface area (Å²) >= 11 is 0. The molecule has 0 amide bonds. The first kappa shape index (κ1) is 6.31. The molecule has 44 valence electrons. The average Bonchev–Trinajstić information content (AvgIpc) is 1.90. The molecular formula is C5H7NS2. The van der Waals surface area contributed by atoms with Gasteiger partial charge in [-0.2, -0.15) is 0 Å². The zero-order valence-corrected chi connectivity index (χ0v) is 6.10. The van der Waals surface area contributed by atoms with Crippen LogP contribution in [0.3, 0.4) is 0 Å². The van der Waals surface area contributed by atoms with Crippen molar-refractivity contribution in [3.05, 3.63) is 11.4 Å². The smallest absolute Gasteiger partial charge is 0.278 e. The normalized spacial score (nSPS) is 29.1. The zero-order chi connectivity index (χ0) is 5.82. The Morgan fingerprint density at radius 1 is 1.62 bits per heavy atom. The summed E-state index contributed by atoms with van der Waals surface area (Å²) in [6, 6.07) is 0. The Balaban J connectivity index is 2.25. The van der Waals surface area contributed by atoms with Gasteiger partial charge in [0.1, 0.15) is 0 Å². The lowest BCUT2D eigenvalue weighted by atomic mass is 10.3. The lowest BCUT2D eigenvalue weighted by molar-refractivity contribution is 0.832. The molecule has 0 bridgehead atoms. The van der Waals surface area contributed by atoms with Crippen LogP contribution in [0.2, 0.25) is 0 Å². The van der Waals surface area contributed by atoms with Crippen molar-refractivity contribution in [3.63, 3.8) is 0 Å². The van der Waals surface area contributed by atoms with Gasteiger partial charge in [-0.3, -0.25) is 0 Å². The highest BCUT2D eigenvalue weighted by Gasteiger charge is 2.17. The van der Waals surface area contributed by atoms with Gasteiger partial charge in [0.2, 0.25) is 0 Å². The third kappa shape index (κ3) is 1.61. The summed E-state index contributed by atoms with van der Waals surface area (Å²) < 4.78 is 0. The maximum Gasteiger partial charge on any atom is 0.278 e. The fraction of sp³-hybridized carbons (Fsp3) is 0.800. The second-order valence-electron chi connectivity index (χ2n) is 1.64. The van der Waals surface area contributed by atoms with E-state index in [4.69, 9.17) is 6.57 Å². The van der Waals surface area contributed by atoms with Crippen LogP contribution < -0.4 is 0 Å². The van der Waals surface area contributed by atoms with E-state index in [1.54, 1.807) is 10.8 Å². The predicted octanol–water partition coefficient (Wildman–Crippen LogP) is 2.41. The lowest BCUT2D eigenvalue weighted by Gasteiger charge is -2.08. The number of nitrogens with zero attached hydrogens (tertiary/aromatic N) is 1. The molecular weight excluding hydrogens is 138 g/mol. The zero-order valence-electron chi connectivity index (χ0n) is 4.46. The summed E-state index contributed by atoms with van der Waals surface area (Å²) in [5.41, 5.74) is 0. The molecule has 0 radical (unpaired) electrons. The fourth-order valence-corrected chi connectivity index (χ4v) is 2.95. The Labute approximate surface area is 57.4 Å². The molecule has 1 rings (SSSR count). The molecule has 1 saturated heterocycles. The molecule has 1 nitrogen and oxygen atoms in total. The van der Waals surface area contributed by atoms with Crippen LogP contribution in [0.15, 0.2) is 0 Å². The minimum Gasteiger partial charge on any atom is -0.301 e. The quantitative estimate of drug-likeness (QED) is 0.381. The van der Waals surface area contributed by atoms with Crippen molar-refractivity contribution in [2.24, 2.45) is 0 Å². The van der Waals surface area contributed by atoms with Crippen molar-refractivity contribution in [1.82, 2.24) is 0 Å². The molecule has 1 aliphatic rings. The summed E-state index contributed by atoms with van der Waals surface area (Å²) in [4.78, 5) is 3.44. The standard InChI is InChI=1S/C5H7NS2/c1-6-5-3-2-4-7-8-5/h5H,2-4H2. The maximum absolute atomic E-state index is 6.69. The molecule has 0 N–H and O–H groups in total. The van der Waals surface area contributed by atoms with Gasteiger partial charge in [-0.1, -0.05) is 10.8 Å². The van der Waals surface area contributed by atoms with E-state index < -0.39 is 0 Å². The molecule has 1 fully saturated rings. The van der Waals surface area contributed by atoms with E-state index in [0.717, 1.165) is 6.42 Å². The van der Waals surface area contributed by atoms with E-state index in [2.05, 4.69) is 4.85 Å². The van der Waals surface area contributed by atoms with E-state index in [1.807, 2.05) is 10.8 Å². The van der Waals surface area contributed by atoms with Crippen molar-refractivity contribution in [3.8, 4) is 0 Å². The second-order valence-corrected chi connectivity index (χ2v) is 4.31. The fourth-order valence-electron chi connectivity index (χ4n) is 0.578. The molecule has 1 atom stereocenters. The van der Waals surface area contributed by atoms with Crippen LogP contribution in [0.5, 0.6) is 0 Å². The maximum atomic E-state index is 6.69. The Morgan fingerprint density at radius 2 is 2.50 bits per heavy atom. The van der Waals surface area contributed by atoms with Crippen LogP contribution in [0.1, 0.15) is 12.8 Å². The Morgan fingerprint density at radius 3 is 2.88 bits per heavy atom. The molecule has 1 unspecified atom stereocenters. The molecule has 0 spiro atoms. The first-order chi connectivity index (χ1) is 3.93. The average molecular weight is 145 g/mol. The molecule has 1 heterocycles. The molecule has 8 heavy (non-hydrogen) atoms. The first-order valence-corrected chi connectivity index (χ1v) is 4.96. The SMILES string of the molecule is [C-]#[N+]C1CCCSS1. The van der Waals surface area contributed by atoms with Gasteiger partial charge in [0, 0.05) is 12.2 Å². The van der Waals surface area contributed by atoms with E-state index in [9.17, 15) is 0 Å². The molecule has 0 aromatic rings. The number of hydrogen-bond acceptors (Lipinski definition) is 2. The van der Waals surface area contributed by atoms with Gasteiger partial charge in [-0.25, -0.2) is 6.57 Å². The molecule has 0 aromatic carbocycles. The van der Waals surface area contributed by atoms with Crippen LogP contribution in [0, 0.1) is 6.57 Å². The Bertz CT molecular complexity index is 101. The van der Waals surface area contributed by atoms with E-state index in [-0.39, 0.29) is 5.37 Å². The van der Waals surface area contributed by atoms with Gasteiger partial charge >= 0.3 is 0 Å². The van der Waals surface area contributed by atoms with Crippen LogP contribution >= 0.6 is 21.6 Å². The monoisotopic (exact) mass is 145 g/mol. The van der Waals surface area contributed by atoms with Crippen molar-refractivity contribution >= 4 is 21.6 Å². The first-order valence-electron chi connectivity index (χ1n) is 2.58. The van der Waals surface area contributed by atoms with Crippen molar-refractivity contribution in [2.75, 3.05) is 5.75 Å². The Hall–Kier alpha value is 0.190. The van der Waals surface area contributed by atoms with Crippen molar-refractivity contribution < 1.29 is 0 Å². The van der Waals surface area contributed by atoms with Crippen LogP contribution in [-0.4, -0.2) is 11.1 Å². The van der Waals surface area contributed by atoms with Gasteiger partial charge in [-0.15, -0.1) is 0 Å². The van der Waals surface area contributed by atoms with E-state index in [0.29, 0.717) is 0 Å². The Kier molecular flexibility index (Phi) is 2.57. The highest BCUT2D eigenvalue weighted by Crippen LogP contribution is 2.35. The van der Waals surface area contributed by atoms with Gasteiger partial charge < -0.3 is 4.85 Å². The van der Waals surface area contributed by atoms with Gasteiger partial charge in [-0.05, 0) is 17.2 Å². The van der Waals surface area contributed by atoms with Crippen LogP contribution in [-0.2, 0) is 0 Å². The van der Waals surface area contributed by atoms with Crippen molar-refractivity contribution in [2.45, 2.75) is 18.2 Å². The summed E-state index contributed by atoms with van der Waals surface area (Å²) in [5.74, 6) is 1.23.